The van der Waals surface area contributed by atoms with Crippen LogP contribution in [0.3, 0.4) is 0 Å². The lowest BCUT2D eigenvalue weighted by Crippen LogP contribution is -2.25. The summed E-state index contributed by atoms with van der Waals surface area (Å²) in [7, 11) is 0. The molecule has 0 bridgehead atoms. The highest BCUT2D eigenvalue weighted by atomic mass is 35.5. The molecule has 0 unspecified atom stereocenters. The van der Waals surface area contributed by atoms with Gasteiger partial charge in [-0.3, -0.25) is 4.79 Å². The van der Waals surface area contributed by atoms with Crippen LogP contribution in [0.5, 0.6) is 0 Å². The van der Waals surface area contributed by atoms with Gasteiger partial charge in [-0.05, 0) is 31.7 Å². The summed E-state index contributed by atoms with van der Waals surface area (Å²) in [5, 5.41) is 10.9. The van der Waals surface area contributed by atoms with E-state index < -0.39 is 5.97 Å². The van der Waals surface area contributed by atoms with Crippen LogP contribution >= 0.6 is 22.9 Å². The van der Waals surface area contributed by atoms with Gasteiger partial charge >= 0.3 is 5.97 Å². The topological polar surface area (TPSA) is 46.5 Å². The van der Waals surface area contributed by atoms with Crippen LogP contribution in [-0.2, 0) is 16.1 Å². The summed E-state index contributed by atoms with van der Waals surface area (Å²) < 4.78 is 7.12. The predicted octanol–water partition coefficient (Wildman–Crippen LogP) is 4.71. The van der Waals surface area contributed by atoms with Crippen molar-refractivity contribution in [3.05, 3.63) is 34.2 Å². The number of halogens is 1. The molecule has 2 aromatic rings. The van der Waals surface area contributed by atoms with Gasteiger partial charge in [-0.1, -0.05) is 29.8 Å². The normalized spacial score (nSPS) is 22.5. The minimum Gasteiger partial charge on any atom is -0.481 e. The van der Waals surface area contributed by atoms with Crippen molar-refractivity contribution in [1.29, 1.82) is 0 Å². The number of carboxylic acid groups (broad SMARTS) is 1. The summed E-state index contributed by atoms with van der Waals surface area (Å²) in [6.45, 7) is 0.514. The third-order valence-corrected chi connectivity index (χ3v) is 5.76. The Kier molecular flexibility index (Phi) is 4.48. The molecule has 1 fully saturated rings. The number of carbonyl (C=O) groups is 1. The molecule has 3 nitrogen and oxygen atoms in total. The Morgan fingerprint density at radius 3 is 2.67 bits per heavy atom. The quantitative estimate of drug-likeness (QED) is 0.885. The number of rotatable bonds is 4. The van der Waals surface area contributed by atoms with Crippen molar-refractivity contribution in [1.82, 2.24) is 0 Å². The van der Waals surface area contributed by atoms with Crippen molar-refractivity contribution in [2.24, 2.45) is 5.92 Å². The molecule has 5 heteroatoms. The van der Waals surface area contributed by atoms with Gasteiger partial charge in [0.1, 0.15) is 0 Å². The van der Waals surface area contributed by atoms with E-state index in [1.807, 2.05) is 18.2 Å². The number of ether oxygens (including phenoxy) is 1. The fourth-order valence-corrected chi connectivity index (χ4v) is 4.24. The van der Waals surface area contributed by atoms with Crippen LogP contribution in [0, 0.1) is 5.92 Å². The van der Waals surface area contributed by atoms with E-state index in [0.717, 1.165) is 28.1 Å². The minimum absolute atomic E-state index is 0.155. The largest absolute Gasteiger partial charge is 0.481 e. The number of hydrogen-bond acceptors (Lipinski definition) is 3. The monoisotopic (exact) mass is 324 g/mol. The maximum Gasteiger partial charge on any atom is 0.306 e. The van der Waals surface area contributed by atoms with Gasteiger partial charge in [0.15, 0.2) is 0 Å². The number of thiophene rings is 1. The van der Waals surface area contributed by atoms with E-state index in [1.165, 1.54) is 4.70 Å². The maximum atomic E-state index is 10.9. The first-order valence-corrected chi connectivity index (χ1v) is 8.35. The van der Waals surface area contributed by atoms with Gasteiger partial charge in [0, 0.05) is 10.1 Å². The SMILES string of the molecule is O=C(O)C1CCC(OCc2sc3ccccc3c2Cl)CC1. The summed E-state index contributed by atoms with van der Waals surface area (Å²) in [6.07, 6.45) is 3.21. The molecule has 0 radical (unpaired) electrons. The second-order valence-electron chi connectivity index (χ2n) is 5.46. The van der Waals surface area contributed by atoms with Crippen molar-refractivity contribution in [2.75, 3.05) is 0 Å². The molecule has 1 aliphatic rings. The Bertz CT molecular complexity index is 644. The van der Waals surface area contributed by atoms with Gasteiger partial charge in [0.2, 0.25) is 0 Å². The Hall–Kier alpha value is -1.10. The van der Waals surface area contributed by atoms with Crippen LogP contribution in [0.2, 0.25) is 5.02 Å². The molecule has 0 spiro atoms. The zero-order valence-corrected chi connectivity index (χ0v) is 13.1. The molecule has 1 heterocycles. The van der Waals surface area contributed by atoms with E-state index in [1.54, 1.807) is 11.3 Å². The number of benzene rings is 1. The molecule has 1 aliphatic carbocycles. The van der Waals surface area contributed by atoms with E-state index in [-0.39, 0.29) is 12.0 Å². The van der Waals surface area contributed by atoms with Crippen molar-refractivity contribution >= 4 is 39.0 Å². The number of hydrogen-bond donors (Lipinski definition) is 1. The van der Waals surface area contributed by atoms with Crippen LogP contribution in [0.15, 0.2) is 24.3 Å². The van der Waals surface area contributed by atoms with E-state index in [2.05, 4.69) is 6.07 Å². The molecule has 1 aromatic heterocycles. The van der Waals surface area contributed by atoms with Crippen LogP contribution in [0.1, 0.15) is 30.6 Å². The van der Waals surface area contributed by atoms with Gasteiger partial charge in [-0.25, -0.2) is 0 Å². The number of carboxylic acids is 1. The van der Waals surface area contributed by atoms with Crippen LogP contribution in [0.25, 0.3) is 10.1 Å². The van der Waals surface area contributed by atoms with Crippen LogP contribution in [0.4, 0.5) is 0 Å². The van der Waals surface area contributed by atoms with E-state index in [0.29, 0.717) is 19.4 Å². The van der Waals surface area contributed by atoms with Crippen LogP contribution < -0.4 is 0 Å². The second-order valence-corrected chi connectivity index (χ2v) is 6.97. The first kappa shape index (κ1) is 14.8. The molecular formula is C16H17ClO3S. The van der Waals surface area contributed by atoms with Crippen molar-refractivity contribution < 1.29 is 14.6 Å². The van der Waals surface area contributed by atoms with Crippen molar-refractivity contribution in [3.63, 3.8) is 0 Å². The third kappa shape index (κ3) is 3.23. The Labute approximate surface area is 132 Å². The first-order valence-electron chi connectivity index (χ1n) is 7.15. The standard InChI is InChI=1S/C16H17ClO3S/c17-15-12-3-1-2-4-13(12)21-14(15)9-20-11-7-5-10(6-8-11)16(18)19/h1-4,10-11H,5-9H2,(H,18,19). The summed E-state index contributed by atoms with van der Waals surface area (Å²) in [4.78, 5) is 12.0. The molecule has 0 amide bonds. The highest BCUT2D eigenvalue weighted by Crippen LogP contribution is 2.36. The second kappa shape index (κ2) is 6.34. The molecular weight excluding hydrogens is 308 g/mol. The van der Waals surface area contributed by atoms with Gasteiger partial charge in [-0.15, -0.1) is 11.3 Å². The summed E-state index contributed by atoms with van der Waals surface area (Å²) in [6, 6.07) is 8.08. The zero-order valence-electron chi connectivity index (χ0n) is 11.5. The maximum absolute atomic E-state index is 10.9. The Balaban J connectivity index is 1.60. The molecule has 1 saturated carbocycles. The molecule has 21 heavy (non-hydrogen) atoms. The molecule has 112 valence electrons. The average Bonchev–Trinajstić information content (AvgIpc) is 2.82. The highest BCUT2D eigenvalue weighted by molar-refractivity contribution is 7.19. The fourth-order valence-electron chi connectivity index (χ4n) is 2.83. The summed E-state index contributed by atoms with van der Waals surface area (Å²) in [5.41, 5.74) is 0. The summed E-state index contributed by atoms with van der Waals surface area (Å²) in [5.74, 6) is -0.876. The van der Waals surface area contributed by atoms with E-state index in [9.17, 15) is 4.79 Å². The first-order chi connectivity index (χ1) is 10.1. The molecule has 0 saturated heterocycles. The molecule has 3 rings (SSSR count). The van der Waals surface area contributed by atoms with E-state index >= 15 is 0 Å². The van der Waals surface area contributed by atoms with Gasteiger partial charge in [-0.2, -0.15) is 0 Å². The lowest BCUT2D eigenvalue weighted by Gasteiger charge is -2.26. The minimum atomic E-state index is -0.680. The molecule has 1 N–H and O–H groups in total. The van der Waals surface area contributed by atoms with Gasteiger partial charge < -0.3 is 9.84 Å². The zero-order chi connectivity index (χ0) is 14.8. The average molecular weight is 325 g/mol. The smallest absolute Gasteiger partial charge is 0.306 e. The van der Waals surface area contributed by atoms with Crippen molar-refractivity contribution in [3.8, 4) is 0 Å². The van der Waals surface area contributed by atoms with Gasteiger partial charge in [0.05, 0.1) is 28.5 Å². The summed E-state index contributed by atoms with van der Waals surface area (Å²) >= 11 is 8.06. The van der Waals surface area contributed by atoms with Crippen LogP contribution in [-0.4, -0.2) is 17.2 Å². The molecule has 1 aromatic carbocycles. The molecule has 0 aliphatic heterocycles. The highest BCUT2D eigenvalue weighted by Gasteiger charge is 2.26. The number of aliphatic carboxylic acids is 1. The van der Waals surface area contributed by atoms with Crippen molar-refractivity contribution in [2.45, 2.75) is 38.4 Å². The van der Waals surface area contributed by atoms with E-state index in [4.69, 9.17) is 21.4 Å². The predicted molar refractivity (Wildman–Crippen MR) is 85.0 cm³/mol. The lowest BCUT2D eigenvalue weighted by molar-refractivity contribution is -0.143. The Morgan fingerprint density at radius 2 is 2.00 bits per heavy atom. The van der Waals surface area contributed by atoms with Gasteiger partial charge in [0.25, 0.3) is 0 Å². The lowest BCUT2D eigenvalue weighted by atomic mass is 9.87. The third-order valence-electron chi connectivity index (χ3n) is 4.08. The molecule has 0 atom stereocenters. The Morgan fingerprint density at radius 1 is 1.29 bits per heavy atom. The fraction of sp³-hybridized carbons (Fsp3) is 0.438. The number of fused-ring (bicyclic) bond motifs is 1.